The number of hydrogen-bond donors (Lipinski definition) is 0. The van der Waals surface area contributed by atoms with Gasteiger partial charge in [-0.05, 0) is 18.2 Å². The Hall–Kier alpha value is -1.96. The lowest BCUT2D eigenvalue weighted by Gasteiger charge is -2.10. The van der Waals surface area contributed by atoms with E-state index in [1.165, 1.54) is 0 Å². The van der Waals surface area contributed by atoms with Gasteiger partial charge in [-0.15, -0.1) is 0 Å². The molecule has 0 radical (unpaired) electrons. The van der Waals surface area contributed by atoms with Crippen LogP contribution in [0.15, 0.2) is 36.4 Å². The number of Topliss-reactive ketones (excluding diaryl/α,β-unsaturated/α-hetero) is 2. The molecule has 2 nitrogen and oxygen atoms in total. The zero-order chi connectivity index (χ0) is 14.5. The molecule has 0 aliphatic rings. The second-order valence-corrected chi connectivity index (χ2v) is 5.06. The number of carbonyl (C=O) groups excluding carboxylic acids is 2. The Morgan fingerprint density at radius 3 is 1.65 bits per heavy atom. The van der Waals surface area contributed by atoms with Crippen LogP contribution in [0, 0.1) is 0 Å². The van der Waals surface area contributed by atoms with Crippen LogP contribution in [0.1, 0.15) is 60.2 Å². The van der Waals surface area contributed by atoms with E-state index in [9.17, 15) is 9.59 Å². The van der Waals surface area contributed by atoms with Gasteiger partial charge >= 0.3 is 0 Å². The molecule has 0 heterocycles. The average Bonchev–Trinajstić information content (AvgIpc) is 2.46. The second kappa shape index (κ2) is 6.47. The van der Waals surface area contributed by atoms with Gasteiger partial charge in [0.15, 0.2) is 11.6 Å². The van der Waals surface area contributed by atoms with Gasteiger partial charge in [-0.2, -0.15) is 0 Å². The first kappa shape index (κ1) is 14.4. The fraction of sp³-hybridized carbons (Fsp3) is 0.333. The van der Waals surface area contributed by atoms with Gasteiger partial charge in [0.2, 0.25) is 0 Å². The lowest BCUT2D eigenvalue weighted by atomic mass is 9.92. The molecule has 0 saturated carbocycles. The molecule has 2 aromatic carbocycles. The Morgan fingerprint density at radius 2 is 1.25 bits per heavy atom. The zero-order valence-corrected chi connectivity index (χ0v) is 12.1. The van der Waals surface area contributed by atoms with Crippen LogP contribution >= 0.6 is 0 Å². The van der Waals surface area contributed by atoms with E-state index in [1.807, 2.05) is 50.2 Å². The monoisotopic (exact) mass is 268 g/mol. The molecule has 0 spiro atoms. The fourth-order valence-electron chi connectivity index (χ4n) is 2.53. The fourth-order valence-corrected chi connectivity index (χ4v) is 2.53. The molecular formula is C18H20O2. The van der Waals surface area contributed by atoms with Crippen LogP contribution in [0.2, 0.25) is 0 Å². The maximum atomic E-state index is 12.3. The minimum absolute atomic E-state index is 0.120. The van der Waals surface area contributed by atoms with E-state index in [0.29, 0.717) is 24.0 Å². The predicted octanol–water partition coefficient (Wildman–Crippen LogP) is 4.81. The highest BCUT2D eigenvalue weighted by Gasteiger charge is 2.15. The first-order chi connectivity index (χ1) is 9.69. The predicted molar refractivity (Wildman–Crippen MR) is 82.4 cm³/mol. The molecule has 2 rings (SSSR count). The van der Waals surface area contributed by atoms with Crippen molar-refractivity contribution in [1.82, 2.24) is 0 Å². The summed E-state index contributed by atoms with van der Waals surface area (Å²) in [5, 5.41) is 1.79. The van der Waals surface area contributed by atoms with Gasteiger partial charge in [-0.25, -0.2) is 0 Å². The molecule has 2 heteroatoms. The standard InChI is InChI=1S/C18H20O2/c1-3-7-16(19)14-11-5-9-13-10-6-12-15(18(13)14)17(20)8-4-2/h5-6,9-12H,3-4,7-8H2,1-2H3. The molecule has 0 fully saturated rings. The largest absolute Gasteiger partial charge is 0.294 e. The van der Waals surface area contributed by atoms with E-state index >= 15 is 0 Å². The van der Waals surface area contributed by atoms with Crippen LogP contribution in [0.5, 0.6) is 0 Å². The summed E-state index contributed by atoms with van der Waals surface area (Å²) in [4.78, 5) is 24.6. The summed E-state index contributed by atoms with van der Waals surface area (Å²) >= 11 is 0. The van der Waals surface area contributed by atoms with Crippen molar-refractivity contribution in [2.45, 2.75) is 39.5 Å². The van der Waals surface area contributed by atoms with E-state index in [0.717, 1.165) is 23.6 Å². The SMILES string of the molecule is CCCC(=O)c1cccc2cccc(C(=O)CCC)c12. The Labute approximate surface area is 119 Å². The van der Waals surface area contributed by atoms with Crippen molar-refractivity contribution in [2.75, 3.05) is 0 Å². The van der Waals surface area contributed by atoms with E-state index < -0.39 is 0 Å². The number of ketones is 2. The topological polar surface area (TPSA) is 34.1 Å². The normalized spacial score (nSPS) is 10.7. The molecule has 0 aliphatic carbocycles. The summed E-state index contributed by atoms with van der Waals surface area (Å²) < 4.78 is 0. The van der Waals surface area contributed by atoms with Crippen molar-refractivity contribution in [3.05, 3.63) is 47.5 Å². The molecule has 2 aromatic rings. The van der Waals surface area contributed by atoms with Crippen LogP contribution in [0.25, 0.3) is 10.8 Å². The molecule has 0 aromatic heterocycles. The van der Waals surface area contributed by atoms with Crippen LogP contribution in [-0.2, 0) is 0 Å². The number of benzene rings is 2. The molecule has 20 heavy (non-hydrogen) atoms. The highest BCUT2D eigenvalue weighted by atomic mass is 16.1. The average molecular weight is 268 g/mol. The van der Waals surface area contributed by atoms with E-state index in [-0.39, 0.29) is 11.6 Å². The first-order valence-electron chi connectivity index (χ1n) is 7.27. The summed E-state index contributed by atoms with van der Waals surface area (Å²) in [5.41, 5.74) is 1.37. The van der Waals surface area contributed by atoms with Gasteiger partial charge < -0.3 is 0 Å². The minimum Gasteiger partial charge on any atom is -0.294 e. The zero-order valence-electron chi connectivity index (χ0n) is 12.1. The van der Waals surface area contributed by atoms with Crippen molar-refractivity contribution in [3.8, 4) is 0 Å². The summed E-state index contributed by atoms with van der Waals surface area (Å²) in [5.74, 6) is 0.240. The van der Waals surface area contributed by atoms with Gasteiger partial charge in [0.1, 0.15) is 0 Å². The number of carbonyl (C=O) groups is 2. The van der Waals surface area contributed by atoms with Crippen molar-refractivity contribution in [2.24, 2.45) is 0 Å². The van der Waals surface area contributed by atoms with Gasteiger partial charge in [-0.3, -0.25) is 9.59 Å². The van der Waals surface area contributed by atoms with Crippen molar-refractivity contribution >= 4 is 22.3 Å². The summed E-state index contributed by atoms with van der Waals surface area (Å²) in [6, 6.07) is 11.4. The number of hydrogen-bond acceptors (Lipinski definition) is 2. The highest BCUT2D eigenvalue weighted by Crippen LogP contribution is 2.26. The van der Waals surface area contributed by atoms with Gasteiger partial charge in [0.05, 0.1) is 0 Å². The molecule has 0 bridgehead atoms. The van der Waals surface area contributed by atoms with Crippen LogP contribution in [0.3, 0.4) is 0 Å². The van der Waals surface area contributed by atoms with Gasteiger partial charge in [0.25, 0.3) is 0 Å². The lowest BCUT2D eigenvalue weighted by Crippen LogP contribution is -2.05. The Kier molecular flexibility index (Phi) is 4.67. The first-order valence-corrected chi connectivity index (χ1v) is 7.27. The molecule has 0 N–H and O–H groups in total. The second-order valence-electron chi connectivity index (χ2n) is 5.06. The van der Waals surface area contributed by atoms with Crippen LogP contribution < -0.4 is 0 Å². The molecular weight excluding hydrogens is 248 g/mol. The molecule has 0 amide bonds. The molecule has 104 valence electrons. The maximum Gasteiger partial charge on any atom is 0.163 e. The van der Waals surface area contributed by atoms with Crippen molar-refractivity contribution in [1.29, 1.82) is 0 Å². The quantitative estimate of drug-likeness (QED) is 0.705. The lowest BCUT2D eigenvalue weighted by molar-refractivity contribution is 0.0980. The summed E-state index contributed by atoms with van der Waals surface area (Å²) in [7, 11) is 0. The van der Waals surface area contributed by atoms with Crippen molar-refractivity contribution < 1.29 is 9.59 Å². The van der Waals surface area contributed by atoms with E-state index in [1.54, 1.807) is 0 Å². The third kappa shape index (κ3) is 2.79. The molecule has 0 saturated heterocycles. The third-order valence-electron chi connectivity index (χ3n) is 3.46. The maximum absolute atomic E-state index is 12.3. The van der Waals surface area contributed by atoms with E-state index in [4.69, 9.17) is 0 Å². The molecule has 0 aliphatic heterocycles. The van der Waals surface area contributed by atoms with Gasteiger partial charge in [-0.1, -0.05) is 50.2 Å². The summed E-state index contributed by atoms with van der Waals surface area (Å²) in [6.07, 6.45) is 2.69. The Bertz CT molecular complexity index is 588. The number of rotatable bonds is 6. The highest BCUT2D eigenvalue weighted by molar-refractivity contribution is 6.16. The number of fused-ring (bicyclic) bond motifs is 1. The van der Waals surface area contributed by atoms with Crippen LogP contribution in [0.4, 0.5) is 0 Å². The van der Waals surface area contributed by atoms with Crippen LogP contribution in [-0.4, -0.2) is 11.6 Å². The summed E-state index contributed by atoms with van der Waals surface area (Å²) in [6.45, 7) is 3.98. The Balaban J connectivity index is 2.64. The minimum atomic E-state index is 0.120. The smallest absolute Gasteiger partial charge is 0.163 e. The van der Waals surface area contributed by atoms with Crippen molar-refractivity contribution in [3.63, 3.8) is 0 Å². The Morgan fingerprint density at radius 1 is 0.800 bits per heavy atom. The van der Waals surface area contributed by atoms with E-state index in [2.05, 4.69) is 0 Å². The molecule has 0 atom stereocenters. The van der Waals surface area contributed by atoms with Gasteiger partial charge in [0, 0.05) is 29.4 Å². The molecule has 0 unspecified atom stereocenters. The third-order valence-corrected chi connectivity index (χ3v) is 3.46.